The van der Waals surface area contributed by atoms with Crippen LogP contribution >= 0.6 is 0 Å². The van der Waals surface area contributed by atoms with Gasteiger partial charge in [0.2, 0.25) is 5.91 Å². The lowest BCUT2D eigenvalue weighted by atomic mass is 9.85. The topological polar surface area (TPSA) is 49.3 Å². The summed E-state index contributed by atoms with van der Waals surface area (Å²) in [4.78, 5) is 11.9. The molecule has 0 bridgehead atoms. The zero-order valence-electron chi connectivity index (χ0n) is 11.1. The molecule has 3 heteroatoms. The van der Waals surface area contributed by atoms with E-state index in [1.165, 1.54) is 19.3 Å². The molecule has 2 rings (SSSR count). The van der Waals surface area contributed by atoms with Crippen LogP contribution in [0.5, 0.6) is 0 Å². The second-order valence-corrected chi connectivity index (χ2v) is 5.69. The van der Waals surface area contributed by atoms with E-state index in [1.54, 1.807) is 0 Å². The van der Waals surface area contributed by atoms with Crippen LogP contribution in [-0.2, 0) is 4.79 Å². The Hall–Kier alpha value is -0.830. The van der Waals surface area contributed by atoms with Crippen LogP contribution in [0.15, 0.2) is 12.2 Å². The second-order valence-electron chi connectivity index (χ2n) is 5.69. The number of hydrogen-bond acceptors (Lipinski definition) is 2. The lowest BCUT2D eigenvalue weighted by Crippen LogP contribution is -2.39. The van der Waals surface area contributed by atoms with Crippen molar-refractivity contribution < 1.29 is 9.90 Å². The zero-order chi connectivity index (χ0) is 12.8. The van der Waals surface area contributed by atoms with Crippen LogP contribution in [0.4, 0.5) is 0 Å². The lowest BCUT2D eigenvalue weighted by molar-refractivity contribution is -0.125. The predicted molar refractivity (Wildman–Crippen MR) is 72.1 cm³/mol. The second kappa shape index (κ2) is 6.93. The SMILES string of the molecule is O=C(NC[C@H](O)C1CCCCC1)[C@@H]1CC=CCC1. The van der Waals surface area contributed by atoms with E-state index in [2.05, 4.69) is 17.5 Å². The fourth-order valence-electron chi connectivity index (χ4n) is 3.07. The van der Waals surface area contributed by atoms with E-state index in [1.807, 2.05) is 0 Å². The Balaban J connectivity index is 1.69. The van der Waals surface area contributed by atoms with Crippen molar-refractivity contribution in [2.45, 2.75) is 57.5 Å². The van der Waals surface area contributed by atoms with Gasteiger partial charge < -0.3 is 10.4 Å². The van der Waals surface area contributed by atoms with E-state index in [0.717, 1.165) is 32.1 Å². The van der Waals surface area contributed by atoms with Crippen molar-refractivity contribution in [1.29, 1.82) is 0 Å². The molecule has 0 aliphatic heterocycles. The number of rotatable bonds is 4. The van der Waals surface area contributed by atoms with Gasteiger partial charge in [-0.25, -0.2) is 0 Å². The monoisotopic (exact) mass is 251 g/mol. The van der Waals surface area contributed by atoms with Gasteiger partial charge in [-0.1, -0.05) is 31.4 Å². The maximum atomic E-state index is 11.9. The third-order valence-electron chi connectivity index (χ3n) is 4.32. The van der Waals surface area contributed by atoms with E-state index in [-0.39, 0.29) is 17.9 Å². The molecule has 102 valence electrons. The van der Waals surface area contributed by atoms with Crippen molar-refractivity contribution >= 4 is 5.91 Å². The summed E-state index contributed by atoms with van der Waals surface area (Å²) in [6, 6.07) is 0. The van der Waals surface area contributed by atoms with Gasteiger partial charge in [-0.3, -0.25) is 4.79 Å². The molecule has 0 spiro atoms. The molecule has 1 saturated carbocycles. The molecule has 0 aromatic carbocycles. The average molecular weight is 251 g/mol. The van der Waals surface area contributed by atoms with Gasteiger partial charge in [0.25, 0.3) is 0 Å². The number of carbonyl (C=O) groups excluding carboxylic acids is 1. The minimum Gasteiger partial charge on any atom is -0.391 e. The first-order valence-electron chi connectivity index (χ1n) is 7.38. The smallest absolute Gasteiger partial charge is 0.223 e. The van der Waals surface area contributed by atoms with Gasteiger partial charge in [-0.15, -0.1) is 0 Å². The quantitative estimate of drug-likeness (QED) is 0.754. The molecule has 0 radical (unpaired) electrons. The molecule has 2 aliphatic rings. The largest absolute Gasteiger partial charge is 0.391 e. The summed E-state index contributed by atoms with van der Waals surface area (Å²) in [5.41, 5.74) is 0. The summed E-state index contributed by atoms with van der Waals surface area (Å²) in [7, 11) is 0. The van der Waals surface area contributed by atoms with Crippen molar-refractivity contribution in [3.05, 3.63) is 12.2 Å². The van der Waals surface area contributed by atoms with Crippen LogP contribution in [0.3, 0.4) is 0 Å². The van der Waals surface area contributed by atoms with Gasteiger partial charge in [-0.2, -0.15) is 0 Å². The van der Waals surface area contributed by atoms with E-state index < -0.39 is 0 Å². The highest BCUT2D eigenvalue weighted by molar-refractivity contribution is 5.78. The zero-order valence-corrected chi connectivity index (χ0v) is 11.1. The normalized spacial score (nSPS) is 26.8. The number of carbonyl (C=O) groups is 1. The van der Waals surface area contributed by atoms with Crippen molar-refractivity contribution in [1.82, 2.24) is 5.32 Å². The van der Waals surface area contributed by atoms with Gasteiger partial charge in [0.15, 0.2) is 0 Å². The van der Waals surface area contributed by atoms with Crippen molar-refractivity contribution in [2.24, 2.45) is 11.8 Å². The van der Waals surface area contributed by atoms with Gasteiger partial charge in [0, 0.05) is 12.5 Å². The third kappa shape index (κ3) is 3.84. The van der Waals surface area contributed by atoms with Crippen molar-refractivity contribution in [2.75, 3.05) is 6.54 Å². The van der Waals surface area contributed by atoms with Crippen LogP contribution in [-0.4, -0.2) is 23.7 Å². The molecular formula is C15H25NO2. The van der Waals surface area contributed by atoms with Crippen LogP contribution in [0, 0.1) is 11.8 Å². The highest BCUT2D eigenvalue weighted by Crippen LogP contribution is 2.26. The summed E-state index contributed by atoms with van der Waals surface area (Å²) >= 11 is 0. The minimum atomic E-state index is -0.353. The average Bonchev–Trinajstić information content (AvgIpc) is 2.46. The van der Waals surface area contributed by atoms with Gasteiger partial charge >= 0.3 is 0 Å². The van der Waals surface area contributed by atoms with Crippen molar-refractivity contribution in [3.8, 4) is 0 Å². The molecule has 1 fully saturated rings. The number of nitrogens with one attached hydrogen (secondary N) is 1. The molecule has 2 N–H and O–H groups in total. The lowest BCUT2D eigenvalue weighted by Gasteiger charge is -2.27. The number of aliphatic hydroxyl groups excluding tert-OH is 1. The van der Waals surface area contributed by atoms with E-state index in [4.69, 9.17) is 0 Å². The fourth-order valence-corrected chi connectivity index (χ4v) is 3.07. The molecule has 0 unspecified atom stereocenters. The molecule has 2 aliphatic carbocycles. The Morgan fingerprint density at radius 3 is 2.67 bits per heavy atom. The Morgan fingerprint density at radius 2 is 2.00 bits per heavy atom. The van der Waals surface area contributed by atoms with Crippen LogP contribution in [0.25, 0.3) is 0 Å². The summed E-state index contributed by atoms with van der Waals surface area (Å²) in [5, 5.41) is 13.0. The molecule has 3 nitrogen and oxygen atoms in total. The first kappa shape index (κ1) is 13.6. The first-order chi connectivity index (χ1) is 8.77. The Kier molecular flexibility index (Phi) is 5.24. The van der Waals surface area contributed by atoms with Crippen LogP contribution in [0.2, 0.25) is 0 Å². The maximum absolute atomic E-state index is 11.9. The summed E-state index contributed by atoms with van der Waals surface area (Å²) < 4.78 is 0. The molecule has 0 aromatic rings. The Labute approximate surface area is 110 Å². The highest BCUT2D eigenvalue weighted by Gasteiger charge is 2.24. The van der Waals surface area contributed by atoms with E-state index in [0.29, 0.717) is 12.5 Å². The van der Waals surface area contributed by atoms with Gasteiger partial charge in [0.05, 0.1) is 6.10 Å². The van der Waals surface area contributed by atoms with Gasteiger partial charge in [0.1, 0.15) is 0 Å². The Morgan fingerprint density at radius 1 is 1.22 bits per heavy atom. The number of amides is 1. The third-order valence-corrected chi connectivity index (χ3v) is 4.32. The number of aliphatic hydroxyl groups is 1. The van der Waals surface area contributed by atoms with Crippen LogP contribution < -0.4 is 5.32 Å². The molecule has 18 heavy (non-hydrogen) atoms. The molecule has 0 saturated heterocycles. The van der Waals surface area contributed by atoms with Gasteiger partial charge in [-0.05, 0) is 38.0 Å². The Bertz CT molecular complexity index is 295. The first-order valence-corrected chi connectivity index (χ1v) is 7.38. The summed E-state index contributed by atoms with van der Waals surface area (Å²) in [6.45, 7) is 0.434. The molecular weight excluding hydrogens is 226 g/mol. The number of allylic oxidation sites excluding steroid dienone is 2. The molecule has 1 amide bonds. The molecule has 0 heterocycles. The fraction of sp³-hybridized carbons (Fsp3) is 0.800. The van der Waals surface area contributed by atoms with Crippen molar-refractivity contribution in [3.63, 3.8) is 0 Å². The summed E-state index contributed by atoms with van der Waals surface area (Å²) in [5.74, 6) is 0.632. The van der Waals surface area contributed by atoms with E-state index >= 15 is 0 Å². The maximum Gasteiger partial charge on any atom is 0.223 e. The molecule has 2 atom stereocenters. The van der Waals surface area contributed by atoms with E-state index in [9.17, 15) is 9.90 Å². The standard InChI is InChI=1S/C15H25NO2/c17-14(12-7-3-1-4-8-12)11-16-15(18)13-9-5-2-6-10-13/h2,5,12-14,17H,1,3-4,6-11H2,(H,16,18)/t13-,14+/m1/s1. The molecule has 0 aromatic heterocycles. The minimum absolute atomic E-state index is 0.119. The van der Waals surface area contributed by atoms with Crippen LogP contribution in [0.1, 0.15) is 51.4 Å². The summed E-state index contributed by atoms with van der Waals surface area (Å²) in [6.07, 6.45) is 12.7. The number of hydrogen-bond donors (Lipinski definition) is 2. The highest BCUT2D eigenvalue weighted by atomic mass is 16.3. The predicted octanol–water partition coefficient (Wildman–Crippen LogP) is 2.40.